The first-order valence-corrected chi connectivity index (χ1v) is 9.68. The molecule has 0 saturated heterocycles. The van der Waals surface area contributed by atoms with Crippen LogP contribution in [-0.2, 0) is 6.42 Å². The highest BCUT2D eigenvalue weighted by Gasteiger charge is 2.15. The first-order valence-electron chi connectivity index (χ1n) is 9.68. The first-order chi connectivity index (χ1) is 14.6. The molecule has 0 aromatic heterocycles. The fraction of sp³-hybridized carbons (Fsp3) is 0.409. The molecule has 0 aliphatic rings. The maximum Gasteiger partial charge on any atom is 0.203 e. The molecule has 0 atom stereocenters. The second-order valence-electron chi connectivity index (χ2n) is 6.17. The molecule has 8 heteroatoms. The minimum atomic E-state index is 0.556. The molecule has 0 saturated carbocycles. The van der Waals surface area contributed by atoms with Gasteiger partial charge < -0.3 is 34.3 Å². The number of rotatable bonds is 10. The van der Waals surface area contributed by atoms with Crippen molar-refractivity contribution < 1.29 is 23.7 Å². The second kappa shape index (κ2) is 11.6. The van der Waals surface area contributed by atoms with Crippen molar-refractivity contribution in [3.8, 4) is 28.7 Å². The number of nitrogens with one attached hydrogen (secondary N) is 2. The van der Waals surface area contributed by atoms with Crippen molar-refractivity contribution in [2.45, 2.75) is 13.3 Å². The van der Waals surface area contributed by atoms with Gasteiger partial charge >= 0.3 is 0 Å². The van der Waals surface area contributed by atoms with Crippen LogP contribution in [0.2, 0.25) is 0 Å². The zero-order valence-electron chi connectivity index (χ0n) is 18.5. The molecule has 2 aromatic carbocycles. The van der Waals surface area contributed by atoms with E-state index in [-0.39, 0.29) is 0 Å². The Kier molecular flexibility index (Phi) is 8.93. The third-order valence-electron chi connectivity index (χ3n) is 4.42. The molecule has 0 radical (unpaired) electrons. The van der Waals surface area contributed by atoms with E-state index in [9.17, 15) is 0 Å². The average Bonchev–Trinajstić information content (AvgIpc) is 2.78. The number of benzene rings is 2. The Balaban J connectivity index is 2.04. The summed E-state index contributed by atoms with van der Waals surface area (Å²) in [4.78, 5) is 4.28. The quantitative estimate of drug-likeness (QED) is 0.453. The Morgan fingerprint density at radius 2 is 1.57 bits per heavy atom. The van der Waals surface area contributed by atoms with Gasteiger partial charge in [-0.1, -0.05) is 6.07 Å². The van der Waals surface area contributed by atoms with Crippen LogP contribution >= 0.6 is 0 Å². The van der Waals surface area contributed by atoms with Gasteiger partial charge in [0.1, 0.15) is 0 Å². The number of anilines is 1. The highest BCUT2D eigenvalue weighted by molar-refractivity contribution is 5.93. The van der Waals surface area contributed by atoms with E-state index in [1.807, 2.05) is 37.3 Å². The molecule has 0 heterocycles. The van der Waals surface area contributed by atoms with Gasteiger partial charge in [-0.15, -0.1) is 0 Å². The fourth-order valence-corrected chi connectivity index (χ4v) is 3.01. The average molecular weight is 418 g/mol. The van der Waals surface area contributed by atoms with E-state index in [2.05, 4.69) is 15.6 Å². The summed E-state index contributed by atoms with van der Waals surface area (Å²) in [7, 11) is 8.16. The van der Waals surface area contributed by atoms with Crippen LogP contribution in [0.15, 0.2) is 35.3 Å². The first kappa shape index (κ1) is 23.0. The molecule has 0 unspecified atom stereocenters. The molecule has 0 aliphatic carbocycles. The van der Waals surface area contributed by atoms with E-state index in [4.69, 9.17) is 23.7 Å². The largest absolute Gasteiger partial charge is 0.493 e. The van der Waals surface area contributed by atoms with Crippen molar-refractivity contribution >= 4 is 11.6 Å². The topological polar surface area (TPSA) is 82.6 Å². The highest BCUT2D eigenvalue weighted by Crippen LogP contribution is 2.39. The molecule has 0 fully saturated rings. The summed E-state index contributed by atoms with van der Waals surface area (Å²) in [5.41, 5.74) is 1.84. The Hall–Kier alpha value is -3.29. The summed E-state index contributed by atoms with van der Waals surface area (Å²) in [6.45, 7) is 3.13. The Labute approximate surface area is 178 Å². The Bertz CT molecular complexity index is 855. The maximum absolute atomic E-state index is 5.63. The van der Waals surface area contributed by atoms with Crippen LogP contribution < -0.4 is 34.3 Å². The van der Waals surface area contributed by atoms with Crippen LogP contribution in [0, 0.1) is 0 Å². The van der Waals surface area contributed by atoms with Crippen LogP contribution in [0.25, 0.3) is 0 Å². The predicted octanol–water partition coefficient (Wildman–Crippen LogP) is 3.35. The molecule has 2 rings (SSSR count). The minimum Gasteiger partial charge on any atom is -0.493 e. The van der Waals surface area contributed by atoms with Gasteiger partial charge in [0.25, 0.3) is 0 Å². The van der Waals surface area contributed by atoms with E-state index >= 15 is 0 Å². The minimum absolute atomic E-state index is 0.556. The number of hydrogen-bond donors (Lipinski definition) is 2. The number of nitrogens with zero attached hydrogens (tertiary/aromatic N) is 1. The van der Waals surface area contributed by atoms with Crippen LogP contribution in [0.1, 0.15) is 12.5 Å². The summed E-state index contributed by atoms with van der Waals surface area (Å²) in [5.74, 6) is 3.89. The van der Waals surface area contributed by atoms with E-state index in [0.29, 0.717) is 54.3 Å². The lowest BCUT2D eigenvalue weighted by molar-refractivity contribution is 0.311. The summed E-state index contributed by atoms with van der Waals surface area (Å²) in [6, 6.07) is 9.49. The van der Waals surface area contributed by atoms with Crippen LogP contribution in [0.5, 0.6) is 28.7 Å². The Morgan fingerprint density at radius 1 is 0.867 bits per heavy atom. The highest BCUT2D eigenvalue weighted by atomic mass is 16.5. The summed E-state index contributed by atoms with van der Waals surface area (Å²) < 4.78 is 27.3. The molecule has 0 bridgehead atoms. The molecule has 2 N–H and O–H groups in total. The van der Waals surface area contributed by atoms with Gasteiger partial charge in [-0.25, -0.2) is 0 Å². The van der Waals surface area contributed by atoms with Gasteiger partial charge in [-0.05, 0) is 31.5 Å². The lowest BCUT2D eigenvalue weighted by Gasteiger charge is -2.17. The van der Waals surface area contributed by atoms with Crippen LogP contribution in [0.4, 0.5) is 5.69 Å². The predicted molar refractivity (Wildman–Crippen MR) is 119 cm³/mol. The fourth-order valence-electron chi connectivity index (χ4n) is 3.01. The lowest BCUT2D eigenvalue weighted by atomic mass is 10.1. The van der Waals surface area contributed by atoms with Crippen molar-refractivity contribution in [1.82, 2.24) is 5.32 Å². The number of guanidine groups is 1. The van der Waals surface area contributed by atoms with Gasteiger partial charge in [0, 0.05) is 30.9 Å². The van der Waals surface area contributed by atoms with Gasteiger partial charge in [-0.2, -0.15) is 0 Å². The number of aliphatic imine (C=N–C) groups is 1. The molecule has 0 amide bonds. The molecular weight excluding hydrogens is 386 g/mol. The van der Waals surface area contributed by atoms with Crippen LogP contribution in [0.3, 0.4) is 0 Å². The van der Waals surface area contributed by atoms with Gasteiger partial charge in [0.2, 0.25) is 5.75 Å². The molecule has 2 aromatic rings. The number of methoxy groups -OCH3 is 4. The Morgan fingerprint density at radius 3 is 2.17 bits per heavy atom. The number of ether oxygens (including phenoxy) is 5. The van der Waals surface area contributed by atoms with Crippen LogP contribution in [-0.4, -0.2) is 54.6 Å². The summed E-state index contributed by atoms with van der Waals surface area (Å²) in [5, 5.41) is 6.56. The normalized spacial score (nSPS) is 10.9. The van der Waals surface area contributed by atoms with Crippen molar-refractivity contribution in [3.05, 3.63) is 35.9 Å². The zero-order chi connectivity index (χ0) is 21.9. The van der Waals surface area contributed by atoms with Crippen molar-refractivity contribution in [2.75, 3.05) is 54.0 Å². The van der Waals surface area contributed by atoms with E-state index in [1.165, 1.54) is 0 Å². The number of hydrogen-bond acceptors (Lipinski definition) is 6. The monoisotopic (exact) mass is 417 g/mol. The van der Waals surface area contributed by atoms with Crippen molar-refractivity contribution in [3.63, 3.8) is 0 Å². The van der Waals surface area contributed by atoms with Gasteiger partial charge in [-0.3, -0.25) is 4.99 Å². The molecule has 8 nitrogen and oxygen atoms in total. The zero-order valence-corrected chi connectivity index (χ0v) is 18.5. The van der Waals surface area contributed by atoms with Gasteiger partial charge in [0.05, 0.1) is 35.0 Å². The van der Waals surface area contributed by atoms with Gasteiger partial charge in [0.15, 0.2) is 29.0 Å². The second-order valence-corrected chi connectivity index (χ2v) is 6.17. The molecule has 0 aliphatic heterocycles. The maximum atomic E-state index is 5.63. The molecule has 164 valence electrons. The standard InChI is InChI=1S/C22H31N3O5/c1-7-30-19-14-16(9-11-17(19)26-3)25-22(23-2)24-13-12-15-8-10-18(27-4)21(29-6)20(15)28-5/h8-11,14H,7,12-13H2,1-6H3,(H2,23,24,25). The third kappa shape index (κ3) is 5.62. The summed E-state index contributed by atoms with van der Waals surface area (Å²) in [6.07, 6.45) is 0.705. The van der Waals surface area contributed by atoms with E-state index < -0.39 is 0 Å². The smallest absolute Gasteiger partial charge is 0.203 e. The summed E-state index contributed by atoms with van der Waals surface area (Å²) >= 11 is 0. The van der Waals surface area contributed by atoms with Crippen molar-refractivity contribution in [1.29, 1.82) is 0 Å². The molecule has 0 spiro atoms. The lowest BCUT2D eigenvalue weighted by Crippen LogP contribution is -2.32. The third-order valence-corrected chi connectivity index (χ3v) is 4.42. The molecule has 30 heavy (non-hydrogen) atoms. The van der Waals surface area contributed by atoms with E-state index in [0.717, 1.165) is 11.3 Å². The molecular formula is C22H31N3O5. The SMILES string of the molecule is CCOc1cc(NC(=NC)NCCc2ccc(OC)c(OC)c2OC)ccc1OC. The van der Waals surface area contributed by atoms with Crippen molar-refractivity contribution in [2.24, 2.45) is 4.99 Å². The van der Waals surface area contributed by atoms with E-state index in [1.54, 1.807) is 35.5 Å².